The smallest absolute Gasteiger partial charge is 0.348 e. The third kappa shape index (κ3) is 3.86. The van der Waals surface area contributed by atoms with Gasteiger partial charge >= 0.3 is 6.18 Å². The lowest BCUT2D eigenvalue weighted by Crippen LogP contribution is -2.32. The van der Waals surface area contributed by atoms with Gasteiger partial charge in [-0.25, -0.2) is 0 Å². The Labute approximate surface area is 173 Å². The quantitative estimate of drug-likeness (QED) is 0.497. The number of nitrogens with one attached hydrogen (secondary N) is 1. The van der Waals surface area contributed by atoms with Gasteiger partial charge in [-0.1, -0.05) is 24.3 Å². The van der Waals surface area contributed by atoms with Crippen molar-refractivity contribution in [3.63, 3.8) is 0 Å². The molecule has 2 heterocycles. The molecule has 0 atom stereocenters. The van der Waals surface area contributed by atoms with Gasteiger partial charge in [0.15, 0.2) is 0 Å². The number of alkyl halides is 3. The summed E-state index contributed by atoms with van der Waals surface area (Å²) >= 11 is 1.49. The Hall–Kier alpha value is -3.39. The normalized spacial score (nSPS) is 11.6. The van der Waals surface area contributed by atoms with Gasteiger partial charge in [0.2, 0.25) is 0 Å². The minimum absolute atomic E-state index is 0.0403. The van der Waals surface area contributed by atoms with Crippen molar-refractivity contribution in [3.8, 4) is 5.69 Å². The van der Waals surface area contributed by atoms with E-state index in [0.717, 1.165) is 22.3 Å². The molecule has 4 nitrogen and oxygen atoms in total. The second-order valence-electron chi connectivity index (χ2n) is 6.62. The Morgan fingerprint density at radius 3 is 2.57 bits per heavy atom. The van der Waals surface area contributed by atoms with Gasteiger partial charge in [-0.3, -0.25) is 14.2 Å². The maximum atomic E-state index is 13.2. The first-order chi connectivity index (χ1) is 14.3. The molecular weight excluding hydrogens is 413 g/mol. The van der Waals surface area contributed by atoms with E-state index in [1.54, 1.807) is 24.3 Å². The highest BCUT2D eigenvalue weighted by Crippen LogP contribution is 2.30. The number of thiophene rings is 1. The fourth-order valence-electron chi connectivity index (χ4n) is 3.17. The van der Waals surface area contributed by atoms with Crippen molar-refractivity contribution >= 4 is 28.1 Å². The lowest BCUT2D eigenvalue weighted by Gasteiger charge is -2.15. The second-order valence-corrected chi connectivity index (χ2v) is 7.40. The Morgan fingerprint density at radius 1 is 1.03 bits per heavy atom. The van der Waals surface area contributed by atoms with Crippen molar-refractivity contribution < 1.29 is 18.0 Å². The topological polar surface area (TPSA) is 51.1 Å². The van der Waals surface area contributed by atoms with Gasteiger partial charge < -0.3 is 5.32 Å². The van der Waals surface area contributed by atoms with E-state index in [4.69, 9.17) is 0 Å². The van der Waals surface area contributed by atoms with Crippen LogP contribution in [0.3, 0.4) is 0 Å². The standard InChI is InChI=1S/C22H15F3N2O2S/c23-22(24,25)16-5-3-6-17(11-16)27-19-7-2-1-4-15(19)10-18(21(27)29)20(28)26-12-14-8-9-30-13-14/h1-11,13H,12H2,(H,26,28). The molecule has 4 rings (SSSR count). The van der Waals surface area contributed by atoms with E-state index in [2.05, 4.69) is 5.32 Å². The number of hydrogen-bond donors (Lipinski definition) is 1. The zero-order chi connectivity index (χ0) is 21.3. The number of fused-ring (bicyclic) bond motifs is 1. The van der Waals surface area contributed by atoms with Gasteiger partial charge in [-0.15, -0.1) is 0 Å². The van der Waals surface area contributed by atoms with Crippen LogP contribution >= 0.6 is 11.3 Å². The molecule has 0 fully saturated rings. The number of halogens is 3. The maximum absolute atomic E-state index is 13.2. The predicted octanol–water partition coefficient (Wildman–Crippen LogP) is 5.00. The molecular formula is C22H15F3N2O2S. The molecule has 2 aromatic carbocycles. The monoisotopic (exact) mass is 428 g/mol. The van der Waals surface area contributed by atoms with Gasteiger partial charge in [0.05, 0.1) is 11.1 Å². The summed E-state index contributed by atoms with van der Waals surface area (Å²) in [6.45, 7) is 0.248. The van der Waals surface area contributed by atoms with Crippen LogP contribution in [-0.4, -0.2) is 10.5 Å². The number of amides is 1. The zero-order valence-corrected chi connectivity index (χ0v) is 16.3. The van der Waals surface area contributed by atoms with Gasteiger partial charge in [-0.05, 0) is 58.1 Å². The van der Waals surface area contributed by atoms with Crippen LogP contribution in [0.4, 0.5) is 13.2 Å². The van der Waals surface area contributed by atoms with Crippen molar-refractivity contribution in [1.29, 1.82) is 0 Å². The summed E-state index contributed by atoms with van der Waals surface area (Å²) in [7, 11) is 0. The molecule has 0 aliphatic rings. The number of para-hydroxylation sites is 1. The molecule has 0 saturated carbocycles. The minimum atomic E-state index is -4.55. The molecule has 8 heteroatoms. The van der Waals surface area contributed by atoms with Crippen molar-refractivity contribution in [1.82, 2.24) is 9.88 Å². The molecule has 0 unspecified atom stereocenters. The van der Waals surface area contributed by atoms with Crippen molar-refractivity contribution in [3.05, 3.63) is 98.5 Å². The molecule has 152 valence electrons. The second kappa shape index (κ2) is 7.79. The number of aromatic nitrogens is 1. The summed E-state index contributed by atoms with van der Waals surface area (Å²) in [5, 5.41) is 7.01. The minimum Gasteiger partial charge on any atom is -0.348 e. The lowest BCUT2D eigenvalue weighted by atomic mass is 10.1. The Kier molecular flexibility index (Phi) is 5.17. The van der Waals surface area contributed by atoms with Crippen LogP contribution in [0.15, 0.2) is 76.2 Å². The first-order valence-electron chi connectivity index (χ1n) is 8.96. The van der Waals surface area contributed by atoms with Crippen LogP contribution in [0, 0.1) is 0 Å². The van der Waals surface area contributed by atoms with Crippen molar-refractivity contribution in [2.45, 2.75) is 12.7 Å². The highest BCUT2D eigenvalue weighted by atomic mass is 32.1. The third-order valence-corrected chi connectivity index (χ3v) is 5.35. The number of pyridine rings is 1. The largest absolute Gasteiger partial charge is 0.416 e. The van der Waals surface area contributed by atoms with E-state index >= 15 is 0 Å². The molecule has 0 spiro atoms. The van der Waals surface area contributed by atoms with Crippen LogP contribution in [0.5, 0.6) is 0 Å². The molecule has 0 radical (unpaired) electrons. The Balaban J connectivity index is 1.84. The molecule has 0 aliphatic heterocycles. The van der Waals surface area contributed by atoms with E-state index in [1.807, 2.05) is 16.8 Å². The number of hydrogen-bond acceptors (Lipinski definition) is 3. The molecule has 0 saturated heterocycles. The molecule has 2 aromatic heterocycles. The summed E-state index contributed by atoms with van der Waals surface area (Å²) in [5.74, 6) is -0.585. The number of benzene rings is 2. The Bertz CT molecular complexity index is 1280. The van der Waals surface area contributed by atoms with Crippen molar-refractivity contribution in [2.24, 2.45) is 0 Å². The van der Waals surface area contributed by atoms with Gasteiger partial charge in [0.1, 0.15) is 5.56 Å². The van der Waals surface area contributed by atoms with Gasteiger partial charge in [0.25, 0.3) is 11.5 Å². The van der Waals surface area contributed by atoms with Crippen LogP contribution in [0.2, 0.25) is 0 Å². The summed E-state index contributed by atoms with van der Waals surface area (Å²) in [5.41, 5.74) is -0.345. The SMILES string of the molecule is O=C(NCc1ccsc1)c1cc2ccccc2n(-c2cccc(C(F)(F)F)c2)c1=O. The highest BCUT2D eigenvalue weighted by Gasteiger charge is 2.30. The number of rotatable bonds is 4. The number of carbonyl (C=O) groups is 1. The molecule has 1 amide bonds. The molecule has 30 heavy (non-hydrogen) atoms. The average Bonchev–Trinajstić information content (AvgIpc) is 3.25. The number of carbonyl (C=O) groups excluding carboxylic acids is 1. The third-order valence-electron chi connectivity index (χ3n) is 4.62. The number of nitrogens with zero attached hydrogens (tertiary/aromatic N) is 1. The molecule has 1 N–H and O–H groups in total. The first kappa shape index (κ1) is 19.9. The van der Waals surface area contributed by atoms with Gasteiger partial charge in [-0.2, -0.15) is 24.5 Å². The van der Waals surface area contributed by atoms with E-state index < -0.39 is 23.2 Å². The fraction of sp³-hybridized carbons (Fsp3) is 0.0909. The first-order valence-corrected chi connectivity index (χ1v) is 9.90. The summed E-state index contributed by atoms with van der Waals surface area (Å²) in [6.07, 6.45) is -4.55. The summed E-state index contributed by atoms with van der Waals surface area (Å²) in [6, 6.07) is 14.6. The van der Waals surface area contributed by atoms with Crippen molar-refractivity contribution in [2.75, 3.05) is 0 Å². The van der Waals surface area contributed by atoms with Crippen LogP contribution in [-0.2, 0) is 12.7 Å². The molecule has 4 aromatic rings. The van der Waals surface area contributed by atoms with Crippen LogP contribution in [0.25, 0.3) is 16.6 Å². The van der Waals surface area contributed by atoms with E-state index in [0.29, 0.717) is 10.9 Å². The average molecular weight is 428 g/mol. The van der Waals surface area contributed by atoms with Gasteiger partial charge in [0, 0.05) is 12.2 Å². The molecule has 0 aliphatic carbocycles. The predicted molar refractivity (Wildman–Crippen MR) is 110 cm³/mol. The lowest BCUT2D eigenvalue weighted by molar-refractivity contribution is -0.137. The van der Waals surface area contributed by atoms with E-state index in [1.165, 1.54) is 29.5 Å². The highest BCUT2D eigenvalue weighted by molar-refractivity contribution is 7.07. The summed E-state index contributed by atoms with van der Waals surface area (Å²) < 4.78 is 40.7. The van der Waals surface area contributed by atoms with Crippen LogP contribution in [0.1, 0.15) is 21.5 Å². The Morgan fingerprint density at radius 2 is 1.83 bits per heavy atom. The van der Waals surface area contributed by atoms with E-state index in [9.17, 15) is 22.8 Å². The maximum Gasteiger partial charge on any atom is 0.416 e. The summed E-state index contributed by atoms with van der Waals surface area (Å²) in [4.78, 5) is 25.9. The van der Waals surface area contributed by atoms with Crippen LogP contribution < -0.4 is 10.9 Å². The zero-order valence-electron chi connectivity index (χ0n) is 15.4. The van der Waals surface area contributed by atoms with E-state index in [-0.39, 0.29) is 17.8 Å². The molecule has 0 bridgehead atoms. The fourth-order valence-corrected chi connectivity index (χ4v) is 3.84.